The number of nitrogens with zero attached hydrogens (tertiary/aromatic N) is 2. The van der Waals surface area contributed by atoms with E-state index in [2.05, 4.69) is 0 Å². The van der Waals surface area contributed by atoms with E-state index in [1.54, 1.807) is 20.8 Å². The fourth-order valence-corrected chi connectivity index (χ4v) is 2.55. The Labute approximate surface area is 114 Å². The highest BCUT2D eigenvalue weighted by Crippen LogP contribution is 2.20. The summed E-state index contributed by atoms with van der Waals surface area (Å²) in [7, 11) is -2.02. The zero-order chi connectivity index (χ0) is 15.0. The van der Waals surface area contributed by atoms with Gasteiger partial charge in [0.25, 0.3) is 0 Å². The zero-order valence-corrected chi connectivity index (χ0v) is 12.8. The lowest BCUT2D eigenvalue weighted by molar-refractivity contribution is 0.0269. The van der Waals surface area contributed by atoms with Crippen LogP contribution in [0, 0.1) is 0 Å². The number of carbonyl (C=O) groups is 1. The van der Waals surface area contributed by atoms with Crippen molar-refractivity contribution >= 4 is 16.1 Å². The predicted molar refractivity (Wildman–Crippen MR) is 70.2 cm³/mol. The van der Waals surface area contributed by atoms with Crippen LogP contribution >= 0.6 is 0 Å². The van der Waals surface area contributed by atoms with Gasteiger partial charge in [0.05, 0.1) is 24.9 Å². The molecule has 1 fully saturated rings. The van der Waals surface area contributed by atoms with Gasteiger partial charge in [-0.2, -0.15) is 4.31 Å². The fraction of sp³-hybridized carbons (Fsp3) is 0.909. The van der Waals surface area contributed by atoms with Gasteiger partial charge in [0.15, 0.2) is 0 Å². The van der Waals surface area contributed by atoms with E-state index >= 15 is 0 Å². The van der Waals surface area contributed by atoms with Crippen LogP contribution in [-0.4, -0.2) is 73.0 Å². The molecule has 1 N–H and O–H groups in total. The van der Waals surface area contributed by atoms with Crippen LogP contribution in [-0.2, 0) is 14.8 Å². The monoisotopic (exact) mass is 294 g/mol. The minimum atomic E-state index is -3.41. The Bertz CT molecular complexity index is 442. The average molecular weight is 294 g/mol. The minimum absolute atomic E-state index is 0.0689. The summed E-state index contributed by atoms with van der Waals surface area (Å²) in [5.41, 5.74) is -0.622. The topological polar surface area (TPSA) is 87.2 Å². The quantitative estimate of drug-likeness (QED) is 0.766. The summed E-state index contributed by atoms with van der Waals surface area (Å²) in [4.78, 5) is 13.2. The number of hydrogen-bond acceptors (Lipinski definition) is 5. The first-order valence-electron chi connectivity index (χ1n) is 6.01. The van der Waals surface area contributed by atoms with E-state index in [-0.39, 0.29) is 13.1 Å². The standard InChI is InChI=1S/C11H22N2O5S/c1-11(2,3)18-10(15)13-6-8(9(14)7-13)12(4)19(5,16)17/h8-9,14H,6-7H2,1-5H3/t8-,9-/m0/s1. The molecule has 19 heavy (non-hydrogen) atoms. The van der Waals surface area contributed by atoms with Crippen LogP contribution in [0.4, 0.5) is 4.79 Å². The number of ether oxygens (including phenoxy) is 1. The molecule has 0 spiro atoms. The SMILES string of the molecule is CN([C@H]1CN(C(=O)OC(C)(C)C)C[C@@H]1O)S(C)(=O)=O. The molecule has 1 amide bonds. The molecule has 0 aromatic heterocycles. The highest BCUT2D eigenvalue weighted by Gasteiger charge is 2.40. The maximum atomic E-state index is 11.8. The number of carbonyl (C=O) groups excluding carboxylic acids is 1. The molecule has 0 aromatic carbocycles. The zero-order valence-electron chi connectivity index (χ0n) is 12.0. The van der Waals surface area contributed by atoms with Gasteiger partial charge in [0, 0.05) is 13.6 Å². The summed E-state index contributed by atoms with van der Waals surface area (Å²) in [6, 6.07) is -0.637. The van der Waals surface area contributed by atoms with Crippen molar-refractivity contribution < 1.29 is 23.1 Å². The van der Waals surface area contributed by atoms with E-state index in [9.17, 15) is 18.3 Å². The maximum Gasteiger partial charge on any atom is 0.410 e. The molecule has 1 aliphatic rings. The molecular weight excluding hydrogens is 272 g/mol. The van der Waals surface area contributed by atoms with E-state index < -0.39 is 33.9 Å². The van der Waals surface area contributed by atoms with Crippen molar-refractivity contribution in [1.82, 2.24) is 9.21 Å². The predicted octanol–water partition coefficient (Wildman–Crippen LogP) is -0.142. The number of β-amino-alcohol motifs (C(OH)–C–C–N with tert-alkyl or cyclic N) is 1. The average Bonchev–Trinajstić information content (AvgIpc) is 2.55. The van der Waals surface area contributed by atoms with Gasteiger partial charge in [0.1, 0.15) is 5.60 Å². The fourth-order valence-electron chi connectivity index (χ4n) is 1.85. The Morgan fingerprint density at radius 2 is 1.89 bits per heavy atom. The van der Waals surface area contributed by atoms with Crippen LogP contribution in [0.3, 0.4) is 0 Å². The van der Waals surface area contributed by atoms with Crippen LogP contribution in [0.2, 0.25) is 0 Å². The Morgan fingerprint density at radius 1 is 1.37 bits per heavy atom. The number of aliphatic hydroxyl groups excluding tert-OH is 1. The first kappa shape index (κ1) is 16.2. The second-order valence-corrected chi connectivity index (χ2v) is 7.84. The third kappa shape index (κ3) is 4.32. The van der Waals surface area contributed by atoms with Gasteiger partial charge in [-0.25, -0.2) is 13.2 Å². The summed E-state index contributed by atoms with van der Waals surface area (Å²) in [6.07, 6.45) is -0.390. The number of sulfonamides is 1. The minimum Gasteiger partial charge on any atom is -0.444 e. The van der Waals surface area contributed by atoms with Crippen LogP contribution in [0.5, 0.6) is 0 Å². The van der Waals surface area contributed by atoms with E-state index in [1.807, 2.05) is 0 Å². The lowest BCUT2D eigenvalue weighted by atomic mass is 10.2. The van der Waals surface area contributed by atoms with Gasteiger partial charge in [-0.1, -0.05) is 0 Å². The largest absolute Gasteiger partial charge is 0.444 e. The third-order valence-corrected chi connectivity index (χ3v) is 4.22. The van der Waals surface area contributed by atoms with E-state index in [0.717, 1.165) is 10.6 Å². The summed E-state index contributed by atoms with van der Waals surface area (Å²) in [5, 5.41) is 9.88. The molecule has 0 saturated carbocycles. The van der Waals surface area contributed by atoms with E-state index in [4.69, 9.17) is 4.74 Å². The van der Waals surface area contributed by atoms with Gasteiger partial charge in [-0.15, -0.1) is 0 Å². The number of aliphatic hydroxyl groups is 1. The van der Waals surface area contributed by atoms with Gasteiger partial charge in [0.2, 0.25) is 10.0 Å². The van der Waals surface area contributed by atoms with Gasteiger partial charge in [-0.3, -0.25) is 0 Å². The summed E-state index contributed by atoms with van der Waals surface area (Å²) in [6.45, 7) is 5.44. The number of likely N-dealkylation sites (tertiary alicyclic amines) is 1. The number of rotatable bonds is 2. The molecule has 1 saturated heterocycles. The Kier molecular flexibility index (Phi) is 4.48. The van der Waals surface area contributed by atoms with Gasteiger partial charge >= 0.3 is 6.09 Å². The van der Waals surface area contributed by atoms with Crippen LogP contribution in [0.15, 0.2) is 0 Å². The second kappa shape index (κ2) is 5.26. The molecule has 0 unspecified atom stereocenters. The van der Waals surface area contributed by atoms with Crippen molar-refractivity contribution in [3.05, 3.63) is 0 Å². The Hall–Kier alpha value is -0.860. The van der Waals surface area contributed by atoms with Crippen molar-refractivity contribution in [3.63, 3.8) is 0 Å². The first-order chi connectivity index (χ1) is 8.42. The molecule has 7 nitrogen and oxygen atoms in total. The third-order valence-electron chi connectivity index (χ3n) is 2.90. The number of likely N-dealkylation sites (N-methyl/N-ethyl adjacent to an activating group) is 1. The van der Waals surface area contributed by atoms with Crippen molar-refractivity contribution in [2.45, 2.75) is 38.5 Å². The molecule has 112 valence electrons. The van der Waals surface area contributed by atoms with Crippen molar-refractivity contribution in [2.75, 3.05) is 26.4 Å². The lowest BCUT2D eigenvalue weighted by Gasteiger charge is -2.25. The molecule has 1 aliphatic heterocycles. The van der Waals surface area contributed by atoms with Crippen LogP contribution in [0.1, 0.15) is 20.8 Å². The molecule has 0 radical (unpaired) electrons. The lowest BCUT2D eigenvalue weighted by Crippen LogP contribution is -2.44. The smallest absolute Gasteiger partial charge is 0.410 e. The van der Waals surface area contributed by atoms with Gasteiger partial charge < -0.3 is 14.7 Å². The van der Waals surface area contributed by atoms with E-state index in [0.29, 0.717) is 0 Å². The Morgan fingerprint density at radius 3 is 2.32 bits per heavy atom. The molecule has 1 heterocycles. The van der Waals surface area contributed by atoms with Crippen molar-refractivity contribution in [3.8, 4) is 0 Å². The van der Waals surface area contributed by atoms with Crippen LogP contribution in [0.25, 0.3) is 0 Å². The van der Waals surface area contributed by atoms with E-state index in [1.165, 1.54) is 11.9 Å². The molecule has 0 aromatic rings. The summed E-state index contributed by atoms with van der Waals surface area (Å²) >= 11 is 0. The van der Waals surface area contributed by atoms with Crippen molar-refractivity contribution in [2.24, 2.45) is 0 Å². The maximum absolute atomic E-state index is 11.8. The van der Waals surface area contributed by atoms with Crippen LogP contribution < -0.4 is 0 Å². The van der Waals surface area contributed by atoms with Gasteiger partial charge in [-0.05, 0) is 20.8 Å². The summed E-state index contributed by atoms with van der Waals surface area (Å²) in [5.74, 6) is 0. The molecule has 0 aliphatic carbocycles. The molecule has 0 bridgehead atoms. The first-order valence-corrected chi connectivity index (χ1v) is 7.85. The van der Waals surface area contributed by atoms with Crippen molar-refractivity contribution in [1.29, 1.82) is 0 Å². The highest BCUT2D eigenvalue weighted by atomic mass is 32.2. The highest BCUT2D eigenvalue weighted by molar-refractivity contribution is 7.88. The second-order valence-electron chi connectivity index (χ2n) is 5.80. The molecule has 2 atom stereocenters. The Balaban J connectivity index is 2.73. The molecule has 1 rings (SSSR count). The molecule has 8 heteroatoms. The number of amides is 1. The summed E-state index contributed by atoms with van der Waals surface area (Å²) < 4.78 is 29.2. The normalized spacial score (nSPS) is 24.9. The molecular formula is C11H22N2O5S. The number of hydrogen-bond donors (Lipinski definition) is 1.